The van der Waals surface area contributed by atoms with E-state index in [0.29, 0.717) is 17.1 Å². The van der Waals surface area contributed by atoms with Gasteiger partial charge in [0.05, 0.1) is 31.5 Å². The van der Waals surface area contributed by atoms with Crippen LogP contribution >= 0.6 is 0 Å². The summed E-state index contributed by atoms with van der Waals surface area (Å²) in [6.45, 7) is 1.53. The monoisotopic (exact) mass is 485 g/mol. The van der Waals surface area contributed by atoms with Crippen LogP contribution in [0.1, 0.15) is 33.2 Å². The summed E-state index contributed by atoms with van der Waals surface area (Å²) in [7, 11) is 3.19. The molecule has 4 rings (SSSR count). The van der Waals surface area contributed by atoms with Crippen LogP contribution in [0.3, 0.4) is 0 Å². The zero-order chi connectivity index (χ0) is 25.5. The van der Waals surface area contributed by atoms with Crippen LogP contribution in [0, 0.1) is 6.92 Å². The smallest absolute Gasteiger partial charge is 0.338 e. The Balaban J connectivity index is 1.42. The molecule has 0 saturated heterocycles. The van der Waals surface area contributed by atoms with Crippen LogP contribution in [0.25, 0.3) is 5.69 Å². The molecular formula is C28H27N3O5. The Morgan fingerprint density at radius 1 is 0.833 bits per heavy atom. The summed E-state index contributed by atoms with van der Waals surface area (Å²) in [5, 5.41) is 7.21. The number of nitrogens with one attached hydrogen (secondary N) is 1. The van der Waals surface area contributed by atoms with Crippen LogP contribution in [-0.4, -0.2) is 42.5 Å². The minimum Gasteiger partial charge on any atom is -0.497 e. The van der Waals surface area contributed by atoms with Crippen molar-refractivity contribution in [1.82, 2.24) is 15.1 Å². The fraction of sp³-hybridized carbons (Fsp3) is 0.179. The number of nitrogens with zero attached hydrogens (tertiary/aromatic N) is 2. The Morgan fingerprint density at radius 3 is 1.86 bits per heavy atom. The van der Waals surface area contributed by atoms with Gasteiger partial charge in [-0.3, -0.25) is 4.79 Å². The molecular weight excluding hydrogens is 458 g/mol. The van der Waals surface area contributed by atoms with Gasteiger partial charge in [-0.1, -0.05) is 24.3 Å². The average Bonchev–Trinajstić information content (AvgIpc) is 3.36. The Kier molecular flexibility index (Phi) is 7.65. The highest BCUT2D eigenvalue weighted by molar-refractivity contribution is 5.91. The number of hydrogen-bond donors (Lipinski definition) is 1. The van der Waals surface area contributed by atoms with Crippen LogP contribution in [0.2, 0.25) is 0 Å². The van der Waals surface area contributed by atoms with Crippen LogP contribution < -0.4 is 14.8 Å². The van der Waals surface area contributed by atoms with E-state index in [1.54, 1.807) is 49.4 Å². The predicted octanol–water partition coefficient (Wildman–Crippen LogP) is 4.26. The van der Waals surface area contributed by atoms with Crippen LogP contribution in [0.4, 0.5) is 0 Å². The lowest BCUT2D eigenvalue weighted by Crippen LogP contribution is -2.33. The molecule has 3 aromatic carbocycles. The minimum absolute atomic E-state index is 0.346. The lowest BCUT2D eigenvalue weighted by molar-refractivity contribution is -0.124. The molecule has 0 fully saturated rings. The van der Waals surface area contributed by atoms with Gasteiger partial charge >= 0.3 is 5.97 Å². The highest BCUT2D eigenvalue weighted by Crippen LogP contribution is 2.26. The third kappa shape index (κ3) is 5.72. The van der Waals surface area contributed by atoms with E-state index in [2.05, 4.69) is 10.4 Å². The summed E-state index contributed by atoms with van der Waals surface area (Å²) in [4.78, 5) is 25.3. The van der Waals surface area contributed by atoms with Crippen molar-refractivity contribution >= 4 is 11.9 Å². The Bertz CT molecular complexity index is 1270. The molecule has 0 aliphatic carbocycles. The number of carbonyl (C=O) groups is 2. The largest absolute Gasteiger partial charge is 0.497 e. The molecule has 1 heterocycles. The second-order valence-electron chi connectivity index (χ2n) is 8.05. The maximum absolute atomic E-state index is 12.8. The number of aromatic nitrogens is 2. The van der Waals surface area contributed by atoms with E-state index in [4.69, 9.17) is 14.2 Å². The number of ether oxygens (including phenoxy) is 3. The lowest BCUT2D eigenvalue weighted by atomic mass is 9.98. The summed E-state index contributed by atoms with van der Waals surface area (Å²) < 4.78 is 17.5. The molecule has 0 aliphatic rings. The first-order chi connectivity index (χ1) is 17.5. The van der Waals surface area contributed by atoms with Crippen molar-refractivity contribution in [2.24, 2.45) is 0 Å². The van der Waals surface area contributed by atoms with Gasteiger partial charge in [0.1, 0.15) is 11.5 Å². The molecule has 0 aliphatic heterocycles. The van der Waals surface area contributed by atoms with Gasteiger partial charge in [0.15, 0.2) is 6.61 Å². The van der Waals surface area contributed by atoms with Gasteiger partial charge in [-0.05, 0) is 72.6 Å². The predicted molar refractivity (Wildman–Crippen MR) is 135 cm³/mol. The van der Waals surface area contributed by atoms with E-state index in [9.17, 15) is 9.59 Å². The van der Waals surface area contributed by atoms with Crippen LogP contribution in [0.5, 0.6) is 11.5 Å². The van der Waals surface area contributed by atoms with Gasteiger partial charge in [0.25, 0.3) is 5.91 Å². The van der Waals surface area contributed by atoms with E-state index in [1.807, 2.05) is 61.5 Å². The van der Waals surface area contributed by atoms with E-state index >= 15 is 0 Å². The maximum Gasteiger partial charge on any atom is 0.338 e. The zero-order valence-electron chi connectivity index (χ0n) is 20.3. The summed E-state index contributed by atoms with van der Waals surface area (Å²) in [6.07, 6.45) is 1.71. The van der Waals surface area contributed by atoms with Crippen molar-refractivity contribution in [1.29, 1.82) is 0 Å². The molecule has 0 saturated carbocycles. The molecule has 4 aromatic rings. The zero-order valence-corrected chi connectivity index (χ0v) is 20.3. The van der Waals surface area contributed by atoms with Crippen LogP contribution in [-0.2, 0) is 9.53 Å². The van der Waals surface area contributed by atoms with Gasteiger partial charge in [0.2, 0.25) is 0 Å². The summed E-state index contributed by atoms with van der Waals surface area (Å²) >= 11 is 0. The number of esters is 1. The molecule has 8 nitrogen and oxygen atoms in total. The van der Waals surface area contributed by atoms with Crippen molar-refractivity contribution in [3.05, 3.63) is 107 Å². The fourth-order valence-corrected chi connectivity index (χ4v) is 3.75. The van der Waals surface area contributed by atoms with Gasteiger partial charge in [-0.2, -0.15) is 5.10 Å². The first-order valence-corrected chi connectivity index (χ1v) is 11.3. The van der Waals surface area contributed by atoms with Crippen molar-refractivity contribution in [2.75, 3.05) is 20.8 Å². The SMILES string of the molecule is COc1ccc(C(NC(=O)COC(=O)c2ccc(-n3nccc3C)cc2)c2ccc(OC)cc2)cc1. The van der Waals surface area contributed by atoms with Crippen LogP contribution in [0.15, 0.2) is 85.1 Å². The average molecular weight is 486 g/mol. The molecule has 184 valence electrons. The van der Waals surface area contributed by atoms with Gasteiger partial charge in [-0.15, -0.1) is 0 Å². The number of benzene rings is 3. The Morgan fingerprint density at radius 2 is 1.39 bits per heavy atom. The summed E-state index contributed by atoms with van der Waals surface area (Å²) in [5.41, 5.74) is 3.85. The van der Waals surface area contributed by atoms with Gasteiger partial charge in [-0.25, -0.2) is 9.48 Å². The minimum atomic E-state index is -0.584. The number of aryl methyl sites for hydroxylation is 1. The molecule has 0 spiro atoms. The standard InChI is InChI=1S/C28H27N3O5/c1-19-16-17-29-31(19)23-10-4-22(5-11-23)28(33)36-18-26(32)30-27(20-6-12-24(34-2)13-7-20)21-8-14-25(35-3)15-9-21/h4-17,27H,18H2,1-3H3,(H,30,32). The maximum atomic E-state index is 12.8. The topological polar surface area (TPSA) is 91.7 Å². The Hall–Kier alpha value is -4.59. The molecule has 0 bridgehead atoms. The molecule has 8 heteroatoms. The molecule has 1 amide bonds. The number of carbonyl (C=O) groups excluding carboxylic acids is 2. The highest BCUT2D eigenvalue weighted by atomic mass is 16.5. The van der Waals surface area contributed by atoms with Crippen molar-refractivity contribution in [3.63, 3.8) is 0 Å². The highest BCUT2D eigenvalue weighted by Gasteiger charge is 2.19. The molecule has 36 heavy (non-hydrogen) atoms. The molecule has 0 atom stereocenters. The third-order valence-electron chi connectivity index (χ3n) is 5.72. The second kappa shape index (κ2) is 11.2. The third-order valence-corrected chi connectivity index (χ3v) is 5.72. The number of rotatable bonds is 9. The fourth-order valence-electron chi connectivity index (χ4n) is 3.75. The Labute approximate surface area is 209 Å². The van der Waals surface area contributed by atoms with Gasteiger partial charge in [0, 0.05) is 11.9 Å². The number of hydrogen-bond acceptors (Lipinski definition) is 6. The molecule has 1 N–H and O–H groups in total. The van der Waals surface area contributed by atoms with E-state index in [0.717, 1.165) is 22.5 Å². The summed E-state index contributed by atoms with van der Waals surface area (Å²) in [5.74, 6) is 0.408. The number of amides is 1. The lowest BCUT2D eigenvalue weighted by Gasteiger charge is -2.20. The van der Waals surface area contributed by atoms with Crippen molar-refractivity contribution < 1.29 is 23.8 Å². The van der Waals surface area contributed by atoms with E-state index < -0.39 is 24.5 Å². The molecule has 0 unspecified atom stereocenters. The normalized spacial score (nSPS) is 10.7. The molecule has 1 aromatic heterocycles. The summed E-state index contributed by atoms with van der Waals surface area (Å²) in [6, 6.07) is 23.1. The van der Waals surface area contributed by atoms with Gasteiger partial charge < -0.3 is 19.5 Å². The second-order valence-corrected chi connectivity index (χ2v) is 8.05. The quantitative estimate of drug-likeness (QED) is 0.356. The molecule has 0 radical (unpaired) electrons. The first-order valence-electron chi connectivity index (χ1n) is 11.3. The first kappa shape index (κ1) is 24.5. The van der Waals surface area contributed by atoms with E-state index in [1.165, 1.54) is 0 Å². The van der Waals surface area contributed by atoms with E-state index in [-0.39, 0.29) is 0 Å². The van der Waals surface area contributed by atoms with Crippen molar-refractivity contribution in [2.45, 2.75) is 13.0 Å². The van der Waals surface area contributed by atoms with Crippen molar-refractivity contribution in [3.8, 4) is 17.2 Å². The number of methoxy groups -OCH3 is 2.